The molecular weight excluding hydrogens is 383 g/mol. The number of methoxy groups -OCH3 is 1. The second-order valence-electron chi connectivity index (χ2n) is 6.95. The molecule has 2 aromatic rings. The molecule has 1 N–H and O–H groups in total. The molecule has 28 heavy (non-hydrogen) atoms. The van der Waals surface area contributed by atoms with E-state index in [9.17, 15) is 17.6 Å². The van der Waals surface area contributed by atoms with Crippen LogP contribution in [0.3, 0.4) is 0 Å². The number of amides is 1. The molecule has 1 saturated heterocycles. The van der Waals surface area contributed by atoms with Crippen molar-refractivity contribution < 1.29 is 22.3 Å². The monoisotopic (exact) mass is 406 g/mol. The van der Waals surface area contributed by atoms with E-state index in [0.29, 0.717) is 24.8 Å². The van der Waals surface area contributed by atoms with Gasteiger partial charge in [-0.15, -0.1) is 0 Å². The molecule has 2 aromatic carbocycles. The third-order valence-corrected chi connectivity index (χ3v) is 6.24. The van der Waals surface area contributed by atoms with Crippen LogP contribution >= 0.6 is 0 Å². The van der Waals surface area contributed by atoms with Crippen LogP contribution in [0.4, 0.5) is 10.1 Å². The van der Waals surface area contributed by atoms with Gasteiger partial charge in [0.1, 0.15) is 11.6 Å². The molecule has 0 spiro atoms. The Morgan fingerprint density at radius 3 is 2.54 bits per heavy atom. The number of anilines is 1. The van der Waals surface area contributed by atoms with E-state index in [-0.39, 0.29) is 22.1 Å². The molecule has 1 heterocycles. The Morgan fingerprint density at radius 2 is 1.89 bits per heavy atom. The normalized spacial score (nSPS) is 15.3. The van der Waals surface area contributed by atoms with Crippen molar-refractivity contribution in [2.75, 3.05) is 24.9 Å². The van der Waals surface area contributed by atoms with Crippen molar-refractivity contribution in [2.45, 2.75) is 24.7 Å². The highest BCUT2D eigenvalue weighted by Crippen LogP contribution is 2.27. The highest BCUT2D eigenvalue weighted by atomic mass is 32.2. The number of benzene rings is 2. The Hall–Kier alpha value is -2.61. The van der Waals surface area contributed by atoms with Gasteiger partial charge in [-0.2, -0.15) is 0 Å². The summed E-state index contributed by atoms with van der Waals surface area (Å²) < 4.78 is 46.4. The van der Waals surface area contributed by atoms with Crippen LogP contribution < -0.4 is 9.46 Å². The van der Waals surface area contributed by atoms with Crippen molar-refractivity contribution in [3.8, 4) is 5.75 Å². The first kappa shape index (κ1) is 20.1. The lowest BCUT2D eigenvalue weighted by Gasteiger charge is -2.30. The molecule has 1 amide bonds. The fourth-order valence-corrected chi connectivity index (χ4v) is 4.24. The third-order valence-electron chi connectivity index (χ3n) is 4.86. The maximum Gasteiger partial charge on any atom is 0.261 e. The minimum atomic E-state index is -3.99. The zero-order valence-corrected chi connectivity index (χ0v) is 16.6. The lowest BCUT2D eigenvalue weighted by atomic mass is 9.98. The van der Waals surface area contributed by atoms with Gasteiger partial charge in [0, 0.05) is 13.1 Å². The van der Waals surface area contributed by atoms with Gasteiger partial charge in [-0.25, -0.2) is 12.8 Å². The quantitative estimate of drug-likeness (QED) is 0.825. The van der Waals surface area contributed by atoms with Crippen molar-refractivity contribution in [1.82, 2.24) is 4.90 Å². The van der Waals surface area contributed by atoms with Gasteiger partial charge in [0.15, 0.2) is 0 Å². The first-order valence-electron chi connectivity index (χ1n) is 9.06. The van der Waals surface area contributed by atoms with Crippen molar-refractivity contribution in [3.05, 3.63) is 53.8 Å². The van der Waals surface area contributed by atoms with Gasteiger partial charge in [-0.1, -0.05) is 13.0 Å². The smallest absolute Gasteiger partial charge is 0.261 e. The summed E-state index contributed by atoms with van der Waals surface area (Å²) in [6.07, 6.45) is 1.82. The Kier molecular flexibility index (Phi) is 5.88. The Balaban J connectivity index is 1.90. The minimum absolute atomic E-state index is 0.0914. The largest absolute Gasteiger partial charge is 0.496 e. The van der Waals surface area contributed by atoms with Crippen LogP contribution in [0.1, 0.15) is 30.1 Å². The van der Waals surface area contributed by atoms with Crippen LogP contribution in [-0.4, -0.2) is 39.4 Å². The van der Waals surface area contributed by atoms with Gasteiger partial charge in [0.05, 0.1) is 23.3 Å². The molecule has 0 aliphatic carbocycles. The number of halogens is 1. The number of hydrogen-bond donors (Lipinski definition) is 1. The molecule has 3 rings (SSSR count). The Morgan fingerprint density at radius 1 is 1.18 bits per heavy atom. The average molecular weight is 406 g/mol. The molecule has 0 bridgehead atoms. The number of ether oxygens (including phenoxy) is 1. The predicted molar refractivity (Wildman–Crippen MR) is 105 cm³/mol. The van der Waals surface area contributed by atoms with Crippen LogP contribution in [-0.2, 0) is 10.0 Å². The van der Waals surface area contributed by atoms with Crippen LogP contribution in [0, 0.1) is 11.7 Å². The lowest BCUT2D eigenvalue weighted by Crippen LogP contribution is -2.38. The van der Waals surface area contributed by atoms with E-state index in [0.717, 1.165) is 18.9 Å². The van der Waals surface area contributed by atoms with Gasteiger partial charge < -0.3 is 9.64 Å². The molecule has 1 aliphatic heterocycles. The van der Waals surface area contributed by atoms with Crippen LogP contribution in [0.15, 0.2) is 47.4 Å². The summed E-state index contributed by atoms with van der Waals surface area (Å²) in [5, 5.41) is 0. The van der Waals surface area contributed by atoms with E-state index < -0.39 is 15.8 Å². The third kappa shape index (κ3) is 4.44. The van der Waals surface area contributed by atoms with Crippen molar-refractivity contribution in [1.29, 1.82) is 0 Å². The maximum absolute atomic E-state index is 13.3. The van der Waals surface area contributed by atoms with Gasteiger partial charge in [-0.3, -0.25) is 9.52 Å². The van der Waals surface area contributed by atoms with Crippen molar-refractivity contribution in [3.63, 3.8) is 0 Å². The van der Waals surface area contributed by atoms with E-state index in [1.807, 2.05) is 0 Å². The average Bonchev–Trinajstić information content (AvgIpc) is 2.67. The van der Waals surface area contributed by atoms with Crippen LogP contribution in [0.25, 0.3) is 0 Å². The molecule has 6 nitrogen and oxygen atoms in total. The number of piperidine rings is 1. The second-order valence-corrected chi connectivity index (χ2v) is 8.64. The summed E-state index contributed by atoms with van der Waals surface area (Å²) in [6.45, 7) is 3.40. The second kappa shape index (κ2) is 8.18. The number of carbonyl (C=O) groups excluding carboxylic acids is 1. The highest BCUT2D eigenvalue weighted by Gasteiger charge is 2.26. The lowest BCUT2D eigenvalue weighted by molar-refractivity contribution is 0.0693. The molecule has 0 atom stereocenters. The van der Waals surface area contributed by atoms with Crippen LogP contribution in [0.2, 0.25) is 0 Å². The van der Waals surface area contributed by atoms with E-state index in [1.165, 1.54) is 43.5 Å². The van der Waals surface area contributed by atoms with Crippen molar-refractivity contribution in [2.24, 2.45) is 5.92 Å². The number of hydrogen-bond acceptors (Lipinski definition) is 4. The SMILES string of the molecule is COc1ccc(S(=O)(=O)Nc2cccc(F)c2)cc1C(=O)N1CCC(C)CC1. The number of rotatable bonds is 5. The van der Waals surface area contributed by atoms with Gasteiger partial charge in [0.25, 0.3) is 15.9 Å². The fourth-order valence-electron chi connectivity index (χ4n) is 3.17. The topological polar surface area (TPSA) is 75.7 Å². The fraction of sp³-hybridized carbons (Fsp3) is 0.350. The molecule has 0 aromatic heterocycles. The van der Waals surface area contributed by atoms with Crippen LogP contribution in [0.5, 0.6) is 5.75 Å². The van der Waals surface area contributed by atoms with Crippen molar-refractivity contribution >= 4 is 21.6 Å². The number of nitrogens with zero attached hydrogens (tertiary/aromatic N) is 1. The molecule has 1 fully saturated rings. The van der Waals surface area contributed by atoms with E-state index in [4.69, 9.17) is 4.74 Å². The molecule has 8 heteroatoms. The Bertz CT molecular complexity index is 970. The molecular formula is C20H23FN2O4S. The Labute approximate surface area is 164 Å². The molecule has 0 radical (unpaired) electrons. The van der Waals surface area contributed by atoms with Gasteiger partial charge >= 0.3 is 0 Å². The summed E-state index contributed by atoms with van der Waals surface area (Å²) in [5.41, 5.74) is 0.299. The molecule has 1 aliphatic rings. The number of sulfonamides is 1. The number of likely N-dealkylation sites (tertiary alicyclic amines) is 1. The summed E-state index contributed by atoms with van der Waals surface area (Å²) in [5.74, 6) is 0.0677. The molecule has 0 unspecified atom stereocenters. The first-order chi connectivity index (χ1) is 13.3. The van der Waals surface area contributed by atoms with E-state index in [2.05, 4.69) is 11.6 Å². The maximum atomic E-state index is 13.3. The van der Waals surface area contributed by atoms with Gasteiger partial charge in [0.2, 0.25) is 0 Å². The van der Waals surface area contributed by atoms with E-state index in [1.54, 1.807) is 4.90 Å². The minimum Gasteiger partial charge on any atom is -0.496 e. The number of carbonyl (C=O) groups is 1. The predicted octanol–water partition coefficient (Wildman–Crippen LogP) is 3.51. The standard InChI is InChI=1S/C20H23FN2O4S/c1-14-8-10-23(11-9-14)20(24)18-13-17(6-7-19(18)27-2)28(25,26)22-16-5-3-4-15(21)12-16/h3-7,12-14,22H,8-11H2,1-2H3. The molecule has 150 valence electrons. The summed E-state index contributed by atoms with van der Waals surface area (Å²) >= 11 is 0. The van der Waals surface area contributed by atoms with Gasteiger partial charge in [-0.05, 0) is 55.2 Å². The first-order valence-corrected chi connectivity index (χ1v) is 10.5. The summed E-state index contributed by atoms with van der Waals surface area (Å²) in [7, 11) is -2.56. The zero-order chi connectivity index (χ0) is 20.3. The molecule has 0 saturated carbocycles. The van der Waals surface area contributed by atoms with E-state index >= 15 is 0 Å². The highest BCUT2D eigenvalue weighted by molar-refractivity contribution is 7.92. The number of nitrogens with one attached hydrogen (secondary N) is 1. The summed E-state index contributed by atoms with van der Waals surface area (Å²) in [4.78, 5) is 14.6. The summed E-state index contributed by atoms with van der Waals surface area (Å²) in [6, 6.07) is 9.29. The zero-order valence-electron chi connectivity index (χ0n) is 15.8.